The van der Waals surface area contributed by atoms with Crippen LogP contribution >= 0.6 is 23.2 Å². The summed E-state index contributed by atoms with van der Waals surface area (Å²) in [5, 5.41) is 1.000. The molecule has 0 bridgehead atoms. The van der Waals surface area contributed by atoms with Crippen molar-refractivity contribution in [2.45, 2.75) is 13.0 Å². The van der Waals surface area contributed by atoms with E-state index in [1.165, 1.54) is 0 Å². The first-order valence-corrected chi connectivity index (χ1v) is 5.92. The minimum absolute atomic E-state index is 0.146. The molecule has 0 N–H and O–H groups in total. The third kappa shape index (κ3) is 2.73. The van der Waals surface area contributed by atoms with Crippen molar-refractivity contribution in [2.75, 3.05) is 0 Å². The average molecular weight is 271 g/mol. The number of aromatic nitrogens is 2. The van der Waals surface area contributed by atoms with Crippen LogP contribution in [-0.2, 0) is 7.05 Å². The van der Waals surface area contributed by atoms with Crippen molar-refractivity contribution in [1.82, 2.24) is 9.55 Å². The number of imidazole rings is 1. The Hall–Kier alpha value is -1.19. The van der Waals surface area contributed by atoms with Crippen molar-refractivity contribution in [3.05, 3.63) is 46.5 Å². The Morgan fingerprint density at radius 1 is 1.29 bits per heavy atom. The van der Waals surface area contributed by atoms with E-state index in [2.05, 4.69) is 4.98 Å². The fourth-order valence-corrected chi connectivity index (χ4v) is 1.86. The second-order valence-electron chi connectivity index (χ2n) is 3.73. The van der Waals surface area contributed by atoms with Crippen molar-refractivity contribution in [1.29, 1.82) is 0 Å². The van der Waals surface area contributed by atoms with Crippen molar-refractivity contribution in [3.63, 3.8) is 0 Å². The lowest BCUT2D eigenvalue weighted by atomic mass is 10.3. The number of nitrogens with zero attached hydrogens (tertiary/aromatic N) is 2. The molecule has 5 heteroatoms. The van der Waals surface area contributed by atoms with Crippen molar-refractivity contribution in [2.24, 2.45) is 7.05 Å². The molecule has 0 fully saturated rings. The van der Waals surface area contributed by atoms with Crippen LogP contribution in [0.2, 0.25) is 10.0 Å². The van der Waals surface area contributed by atoms with Crippen LogP contribution in [0.25, 0.3) is 0 Å². The molecule has 0 amide bonds. The Labute approximate surface area is 110 Å². The van der Waals surface area contributed by atoms with Gasteiger partial charge in [0.2, 0.25) is 0 Å². The van der Waals surface area contributed by atoms with Gasteiger partial charge in [0.1, 0.15) is 11.6 Å². The van der Waals surface area contributed by atoms with Crippen LogP contribution in [-0.4, -0.2) is 9.55 Å². The first kappa shape index (κ1) is 12.3. The molecule has 1 aromatic heterocycles. The minimum atomic E-state index is -0.146. The van der Waals surface area contributed by atoms with E-state index in [1.54, 1.807) is 24.4 Å². The highest BCUT2D eigenvalue weighted by Crippen LogP contribution is 2.28. The van der Waals surface area contributed by atoms with Crippen molar-refractivity contribution in [3.8, 4) is 5.75 Å². The second kappa shape index (κ2) is 4.98. The highest BCUT2D eigenvalue weighted by atomic mass is 35.5. The fourth-order valence-electron chi connectivity index (χ4n) is 1.58. The van der Waals surface area contributed by atoms with E-state index in [9.17, 15) is 0 Å². The van der Waals surface area contributed by atoms with E-state index in [1.807, 2.05) is 24.7 Å². The quantitative estimate of drug-likeness (QED) is 0.847. The average Bonchev–Trinajstić information content (AvgIpc) is 2.70. The van der Waals surface area contributed by atoms with Crippen LogP contribution in [0.15, 0.2) is 30.6 Å². The van der Waals surface area contributed by atoms with Gasteiger partial charge >= 0.3 is 0 Å². The molecule has 0 saturated heterocycles. The number of aryl methyl sites for hydroxylation is 1. The molecule has 90 valence electrons. The maximum Gasteiger partial charge on any atom is 0.153 e. The van der Waals surface area contributed by atoms with Crippen LogP contribution in [0, 0.1) is 0 Å². The summed E-state index contributed by atoms with van der Waals surface area (Å²) >= 11 is 11.8. The van der Waals surface area contributed by atoms with Gasteiger partial charge in [-0.05, 0) is 19.1 Å². The van der Waals surface area contributed by atoms with Gasteiger partial charge in [-0.25, -0.2) is 4.98 Å². The number of ether oxygens (including phenoxy) is 1. The van der Waals surface area contributed by atoms with Gasteiger partial charge in [0, 0.05) is 25.5 Å². The summed E-state index contributed by atoms with van der Waals surface area (Å²) in [5.41, 5.74) is 0. The lowest BCUT2D eigenvalue weighted by Crippen LogP contribution is -2.09. The number of hydrogen-bond acceptors (Lipinski definition) is 2. The van der Waals surface area contributed by atoms with Crippen LogP contribution in [0.4, 0.5) is 0 Å². The smallest absolute Gasteiger partial charge is 0.153 e. The van der Waals surface area contributed by atoms with Crippen LogP contribution in [0.1, 0.15) is 18.9 Å². The molecule has 0 radical (unpaired) electrons. The highest BCUT2D eigenvalue weighted by Gasteiger charge is 2.12. The molecule has 0 spiro atoms. The zero-order valence-electron chi connectivity index (χ0n) is 9.52. The van der Waals surface area contributed by atoms with Crippen molar-refractivity contribution < 1.29 is 4.74 Å². The maximum atomic E-state index is 5.92. The van der Waals surface area contributed by atoms with Crippen LogP contribution in [0.3, 0.4) is 0 Å². The first-order chi connectivity index (χ1) is 8.08. The van der Waals surface area contributed by atoms with Gasteiger partial charge in [-0.15, -0.1) is 0 Å². The van der Waals surface area contributed by atoms with Crippen LogP contribution < -0.4 is 4.74 Å². The number of halogens is 2. The summed E-state index contributed by atoms with van der Waals surface area (Å²) in [7, 11) is 1.93. The lowest BCUT2D eigenvalue weighted by Gasteiger charge is -2.14. The zero-order chi connectivity index (χ0) is 12.4. The molecule has 0 saturated carbocycles. The SMILES string of the molecule is CC(Oc1ccc(Cl)c(Cl)c1)c1nccn1C. The molecular formula is C12H12Cl2N2O. The summed E-state index contributed by atoms with van der Waals surface area (Å²) < 4.78 is 7.67. The van der Waals surface area contributed by atoms with E-state index >= 15 is 0 Å². The minimum Gasteiger partial charge on any atom is -0.483 e. The topological polar surface area (TPSA) is 27.1 Å². The molecule has 0 aliphatic heterocycles. The monoisotopic (exact) mass is 270 g/mol. The third-order valence-corrected chi connectivity index (χ3v) is 3.17. The number of hydrogen-bond donors (Lipinski definition) is 0. The summed E-state index contributed by atoms with van der Waals surface area (Å²) in [4.78, 5) is 4.23. The van der Waals surface area contributed by atoms with Gasteiger partial charge in [0.05, 0.1) is 10.0 Å². The zero-order valence-corrected chi connectivity index (χ0v) is 11.0. The Kier molecular flexibility index (Phi) is 3.60. The van der Waals surface area contributed by atoms with Crippen LogP contribution in [0.5, 0.6) is 5.75 Å². The van der Waals surface area contributed by atoms with E-state index in [-0.39, 0.29) is 6.10 Å². The Balaban J connectivity index is 2.16. The lowest BCUT2D eigenvalue weighted by molar-refractivity contribution is 0.213. The molecular weight excluding hydrogens is 259 g/mol. The molecule has 1 aromatic carbocycles. The largest absolute Gasteiger partial charge is 0.483 e. The van der Waals surface area contributed by atoms with E-state index in [0.717, 1.165) is 5.82 Å². The third-order valence-electron chi connectivity index (χ3n) is 2.43. The molecule has 0 aliphatic carbocycles. The Bertz CT molecular complexity index is 525. The maximum absolute atomic E-state index is 5.92. The summed E-state index contributed by atoms with van der Waals surface area (Å²) in [5.74, 6) is 1.53. The predicted octanol–water partition coefficient (Wildman–Crippen LogP) is 3.87. The molecule has 17 heavy (non-hydrogen) atoms. The Morgan fingerprint density at radius 3 is 2.65 bits per heavy atom. The highest BCUT2D eigenvalue weighted by molar-refractivity contribution is 6.42. The standard InChI is InChI=1S/C12H12Cl2N2O/c1-8(12-15-5-6-16(12)2)17-9-3-4-10(13)11(14)7-9/h3-8H,1-2H3. The predicted molar refractivity (Wildman–Crippen MR) is 68.7 cm³/mol. The van der Waals surface area contributed by atoms with Gasteiger partial charge in [-0.3, -0.25) is 0 Å². The molecule has 1 atom stereocenters. The molecule has 0 aliphatic rings. The van der Waals surface area contributed by atoms with Gasteiger partial charge < -0.3 is 9.30 Å². The molecule has 2 rings (SSSR count). The molecule has 2 aromatic rings. The Morgan fingerprint density at radius 2 is 2.06 bits per heavy atom. The van der Waals surface area contributed by atoms with Gasteiger partial charge in [0.25, 0.3) is 0 Å². The normalized spacial score (nSPS) is 12.5. The van der Waals surface area contributed by atoms with Gasteiger partial charge in [0.15, 0.2) is 6.10 Å². The summed E-state index contributed by atoms with van der Waals surface area (Å²) in [6, 6.07) is 5.20. The number of benzene rings is 1. The number of rotatable bonds is 3. The molecule has 1 heterocycles. The van der Waals surface area contributed by atoms with Gasteiger partial charge in [-0.1, -0.05) is 23.2 Å². The van der Waals surface area contributed by atoms with Crippen molar-refractivity contribution >= 4 is 23.2 Å². The fraction of sp³-hybridized carbons (Fsp3) is 0.250. The molecule has 1 unspecified atom stereocenters. The second-order valence-corrected chi connectivity index (χ2v) is 4.55. The summed E-state index contributed by atoms with van der Waals surface area (Å²) in [6.45, 7) is 1.94. The first-order valence-electron chi connectivity index (χ1n) is 5.17. The van der Waals surface area contributed by atoms with E-state index in [4.69, 9.17) is 27.9 Å². The van der Waals surface area contributed by atoms with E-state index < -0.39 is 0 Å². The van der Waals surface area contributed by atoms with E-state index in [0.29, 0.717) is 15.8 Å². The summed E-state index contributed by atoms with van der Waals surface area (Å²) in [6.07, 6.45) is 3.47. The molecule has 3 nitrogen and oxygen atoms in total. The van der Waals surface area contributed by atoms with Gasteiger partial charge in [-0.2, -0.15) is 0 Å².